The highest BCUT2D eigenvalue weighted by atomic mass is 127. The van der Waals surface area contributed by atoms with Crippen molar-refractivity contribution in [3.05, 3.63) is 23.8 Å². The summed E-state index contributed by atoms with van der Waals surface area (Å²) in [6.45, 7) is 0. The SMILES string of the molecule is Oc1cccc(C(O)OI)c1OI. The van der Waals surface area contributed by atoms with Crippen molar-refractivity contribution in [2.45, 2.75) is 6.29 Å². The van der Waals surface area contributed by atoms with E-state index < -0.39 is 6.29 Å². The largest absolute Gasteiger partial charge is 0.504 e. The Kier molecular flexibility index (Phi) is 4.49. The summed E-state index contributed by atoms with van der Waals surface area (Å²) in [5.41, 5.74) is 0.392. The zero-order valence-corrected chi connectivity index (χ0v) is 10.6. The van der Waals surface area contributed by atoms with E-state index in [-0.39, 0.29) is 11.5 Å². The van der Waals surface area contributed by atoms with Crippen LogP contribution < -0.4 is 3.07 Å². The van der Waals surface area contributed by atoms with Gasteiger partial charge in [0.2, 0.25) is 0 Å². The Balaban J connectivity index is 3.12. The topological polar surface area (TPSA) is 58.9 Å². The number of aliphatic hydroxyl groups excluding tert-OH is 1. The van der Waals surface area contributed by atoms with Crippen LogP contribution in [0.3, 0.4) is 0 Å². The molecule has 0 fully saturated rings. The van der Waals surface area contributed by atoms with Crippen molar-refractivity contribution >= 4 is 46.0 Å². The van der Waals surface area contributed by atoms with Crippen LogP contribution in [0.15, 0.2) is 18.2 Å². The molecule has 1 unspecified atom stereocenters. The minimum atomic E-state index is -1.10. The van der Waals surface area contributed by atoms with Crippen LogP contribution in [0.1, 0.15) is 11.9 Å². The fraction of sp³-hybridized carbons (Fsp3) is 0.143. The summed E-state index contributed by atoms with van der Waals surface area (Å²) >= 11 is 3.20. The van der Waals surface area contributed by atoms with E-state index in [1.165, 1.54) is 6.07 Å². The Bertz CT molecular complexity index is 292. The Labute approximate surface area is 103 Å². The van der Waals surface area contributed by atoms with Crippen molar-refractivity contribution < 1.29 is 16.3 Å². The molecule has 0 spiro atoms. The van der Waals surface area contributed by atoms with Crippen molar-refractivity contribution in [1.29, 1.82) is 0 Å². The predicted octanol–water partition coefficient (Wildman–Crippen LogP) is 2.48. The van der Waals surface area contributed by atoms with Gasteiger partial charge in [0, 0.05) is 0 Å². The Hall–Kier alpha value is 0.200. The molecule has 0 heterocycles. The lowest BCUT2D eigenvalue weighted by molar-refractivity contribution is 0.0156. The lowest BCUT2D eigenvalue weighted by Gasteiger charge is -2.11. The maximum Gasteiger partial charge on any atom is 0.196 e. The molecule has 6 heteroatoms. The number of para-hydroxylation sites is 1. The molecule has 0 aliphatic carbocycles. The minimum Gasteiger partial charge on any atom is -0.504 e. The van der Waals surface area contributed by atoms with Gasteiger partial charge in [0.1, 0.15) is 23.0 Å². The summed E-state index contributed by atoms with van der Waals surface area (Å²) in [5, 5.41) is 18.7. The normalized spacial score (nSPS) is 12.5. The third-order valence-electron chi connectivity index (χ3n) is 1.45. The fourth-order valence-corrected chi connectivity index (χ4v) is 1.62. The molecule has 0 aromatic heterocycles. The number of hydrogen-bond acceptors (Lipinski definition) is 4. The van der Waals surface area contributed by atoms with Gasteiger partial charge < -0.3 is 13.3 Å². The molecule has 4 nitrogen and oxygen atoms in total. The molecule has 0 amide bonds. The summed E-state index contributed by atoms with van der Waals surface area (Å²) in [5.74, 6) is 0.187. The van der Waals surface area contributed by atoms with Crippen molar-refractivity contribution in [2.75, 3.05) is 0 Å². The number of aromatic hydroxyl groups is 1. The highest BCUT2D eigenvalue weighted by Crippen LogP contribution is 2.36. The van der Waals surface area contributed by atoms with Crippen LogP contribution in [0.4, 0.5) is 0 Å². The molecule has 0 saturated heterocycles. The average Bonchev–Trinajstić information content (AvgIpc) is 2.16. The number of halogens is 2. The average molecular weight is 408 g/mol. The van der Waals surface area contributed by atoms with Crippen LogP contribution in [0.2, 0.25) is 0 Å². The van der Waals surface area contributed by atoms with Crippen molar-refractivity contribution in [1.82, 2.24) is 0 Å². The maximum atomic E-state index is 9.34. The van der Waals surface area contributed by atoms with Crippen LogP contribution >= 0.6 is 46.0 Å². The van der Waals surface area contributed by atoms with E-state index in [1.807, 2.05) is 0 Å². The van der Waals surface area contributed by atoms with E-state index >= 15 is 0 Å². The maximum absolute atomic E-state index is 9.34. The molecule has 0 bridgehead atoms. The molecule has 0 saturated carbocycles. The Morgan fingerprint density at radius 3 is 2.54 bits per heavy atom. The van der Waals surface area contributed by atoms with Crippen LogP contribution in [-0.2, 0) is 3.07 Å². The summed E-state index contributed by atoms with van der Waals surface area (Å²) < 4.78 is 9.54. The number of rotatable bonds is 3. The summed E-state index contributed by atoms with van der Waals surface area (Å²) in [4.78, 5) is 0. The first-order valence-electron chi connectivity index (χ1n) is 3.26. The lowest BCUT2D eigenvalue weighted by Crippen LogP contribution is -1.98. The molecule has 1 aromatic rings. The minimum absolute atomic E-state index is 0.0283. The second kappa shape index (κ2) is 5.17. The third kappa shape index (κ3) is 2.58. The smallest absolute Gasteiger partial charge is 0.196 e. The summed E-state index contributed by atoms with van der Waals surface area (Å²) in [7, 11) is 0. The number of phenolic OH excluding ortho intramolecular Hbond substituents is 1. The van der Waals surface area contributed by atoms with E-state index in [9.17, 15) is 10.2 Å². The summed E-state index contributed by atoms with van der Waals surface area (Å²) in [6.07, 6.45) is -1.10. The first-order chi connectivity index (χ1) is 6.20. The van der Waals surface area contributed by atoms with Crippen molar-refractivity contribution in [3.63, 3.8) is 0 Å². The molecule has 0 radical (unpaired) electrons. The van der Waals surface area contributed by atoms with Crippen LogP contribution in [-0.4, -0.2) is 10.2 Å². The van der Waals surface area contributed by atoms with E-state index in [2.05, 4.69) is 3.07 Å². The second-order valence-corrected chi connectivity index (χ2v) is 3.16. The molecule has 0 aliphatic rings. The van der Waals surface area contributed by atoms with Gasteiger partial charge in [-0.25, -0.2) is 0 Å². The molecule has 2 N–H and O–H groups in total. The summed E-state index contributed by atoms with van der Waals surface area (Å²) in [6, 6.07) is 4.68. The van der Waals surface area contributed by atoms with Gasteiger partial charge in [0.25, 0.3) is 0 Å². The van der Waals surface area contributed by atoms with Crippen molar-refractivity contribution in [3.8, 4) is 11.5 Å². The molecule has 72 valence electrons. The zero-order valence-electron chi connectivity index (χ0n) is 6.28. The fourth-order valence-electron chi connectivity index (χ4n) is 0.869. The standard InChI is InChI=1S/C7H6I2O4/c8-12-6-4(7(11)13-9)2-1-3-5(6)10/h1-3,7,10-11H. The van der Waals surface area contributed by atoms with E-state index in [4.69, 9.17) is 3.07 Å². The molecule has 13 heavy (non-hydrogen) atoms. The zero-order chi connectivity index (χ0) is 9.84. The second-order valence-electron chi connectivity index (χ2n) is 2.21. The number of aliphatic hydroxyl groups is 1. The monoisotopic (exact) mass is 408 g/mol. The van der Waals surface area contributed by atoms with Crippen LogP contribution in [0, 0.1) is 0 Å². The quantitative estimate of drug-likeness (QED) is 0.597. The first kappa shape index (κ1) is 11.3. The van der Waals surface area contributed by atoms with Gasteiger partial charge in [-0.05, 0) is 12.1 Å². The van der Waals surface area contributed by atoms with Gasteiger partial charge >= 0.3 is 0 Å². The highest BCUT2D eigenvalue weighted by Gasteiger charge is 2.16. The molecule has 1 atom stereocenters. The van der Waals surface area contributed by atoms with E-state index in [1.54, 1.807) is 58.1 Å². The Morgan fingerprint density at radius 1 is 1.31 bits per heavy atom. The lowest BCUT2D eigenvalue weighted by atomic mass is 10.2. The Morgan fingerprint density at radius 2 is 2.00 bits per heavy atom. The first-order valence-corrected chi connectivity index (χ1v) is 5.02. The van der Waals surface area contributed by atoms with E-state index in [0.717, 1.165) is 0 Å². The molecule has 1 aromatic carbocycles. The highest BCUT2D eigenvalue weighted by molar-refractivity contribution is 14.1. The van der Waals surface area contributed by atoms with Gasteiger partial charge in [0.05, 0.1) is 5.56 Å². The van der Waals surface area contributed by atoms with Gasteiger partial charge in [-0.3, -0.25) is 3.07 Å². The molecular weight excluding hydrogens is 402 g/mol. The molecule has 0 aliphatic heterocycles. The van der Waals surface area contributed by atoms with Gasteiger partial charge in [-0.15, -0.1) is 0 Å². The van der Waals surface area contributed by atoms with Gasteiger partial charge in [-0.2, -0.15) is 0 Å². The van der Waals surface area contributed by atoms with E-state index in [0.29, 0.717) is 5.56 Å². The van der Waals surface area contributed by atoms with Crippen LogP contribution in [0.5, 0.6) is 11.5 Å². The number of hydrogen-bond donors (Lipinski definition) is 2. The van der Waals surface area contributed by atoms with Crippen LogP contribution in [0.25, 0.3) is 0 Å². The predicted molar refractivity (Wildman–Crippen MR) is 62.8 cm³/mol. The van der Waals surface area contributed by atoms with Gasteiger partial charge in [0.15, 0.2) is 40.8 Å². The van der Waals surface area contributed by atoms with Crippen molar-refractivity contribution in [2.24, 2.45) is 0 Å². The number of phenols is 1. The molecular formula is C7H6I2O4. The molecule has 1 rings (SSSR count). The van der Waals surface area contributed by atoms with Gasteiger partial charge in [-0.1, -0.05) is 6.07 Å². The third-order valence-corrected chi connectivity index (χ3v) is 2.37. The number of benzene rings is 1.